The number of rotatable bonds is 15. The number of fused-ring (bicyclic) bond motifs is 1. The van der Waals surface area contributed by atoms with Crippen LogP contribution >= 0.6 is 0 Å². The first-order valence-electron chi connectivity index (χ1n) is 21.5. The Balaban J connectivity index is 0.965. The summed E-state index contributed by atoms with van der Waals surface area (Å²) >= 11 is 0. The Bertz CT molecular complexity index is 1990. The molecule has 68 heavy (non-hydrogen) atoms. The molecule has 25 atom stereocenters. The van der Waals surface area contributed by atoms with E-state index in [-0.39, 0.29) is 11.3 Å². The molecular weight excluding hydrogens is 928 g/mol. The van der Waals surface area contributed by atoms with Gasteiger partial charge in [-0.3, -0.25) is 0 Å². The van der Waals surface area contributed by atoms with Crippen molar-refractivity contribution < 1.29 is 133 Å². The second-order valence-electron chi connectivity index (χ2n) is 17.0. The molecule has 0 radical (unpaired) electrons. The molecule has 16 N–H and O–H groups in total. The van der Waals surface area contributed by atoms with Gasteiger partial charge in [0.05, 0.1) is 33.0 Å². The van der Waals surface area contributed by atoms with Crippen molar-refractivity contribution in [2.75, 3.05) is 33.0 Å². The molecule has 0 saturated carbocycles. The molecule has 0 spiro atoms. The molecule has 1 aromatic carbocycles. The zero-order valence-electron chi connectivity index (χ0n) is 35.8. The van der Waals surface area contributed by atoms with Crippen molar-refractivity contribution in [3.63, 3.8) is 0 Å². The summed E-state index contributed by atoms with van der Waals surface area (Å²) in [5.41, 5.74) is 0.157. The fourth-order valence-corrected chi connectivity index (χ4v) is 8.63. The van der Waals surface area contributed by atoms with E-state index in [1.807, 2.05) is 0 Å². The summed E-state index contributed by atoms with van der Waals surface area (Å²) in [7, 11) is 0. The lowest BCUT2D eigenvalue weighted by molar-refractivity contribution is -0.392. The molecule has 7 rings (SSSR count). The van der Waals surface area contributed by atoms with E-state index in [2.05, 4.69) is 0 Å². The number of hydrogen-bond acceptors (Lipinski definition) is 28. The highest BCUT2D eigenvalue weighted by Crippen LogP contribution is 2.36. The van der Waals surface area contributed by atoms with Crippen LogP contribution in [0, 0.1) is 6.92 Å². The van der Waals surface area contributed by atoms with E-state index >= 15 is 0 Å². The van der Waals surface area contributed by atoms with Crippen molar-refractivity contribution in [2.45, 2.75) is 160 Å². The summed E-state index contributed by atoms with van der Waals surface area (Å²) in [6.45, 7) is -2.89. The molecular formula is C40H58O28. The smallest absolute Gasteiger partial charge is 0.336 e. The van der Waals surface area contributed by atoms with Crippen LogP contribution < -0.4 is 10.4 Å². The maximum Gasteiger partial charge on any atom is 0.336 e. The van der Waals surface area contributed by atoms with E-state index in [9.17, 15) is 86.5 Å². The molecule has 0 amide bonds. The Hall–Kier alpha value is -2.77. The largest absolute Gasteiger partial charge is 0.462 e. The lowest BCUT2D eigenvalue weighted by atomic mass is 9.95. The molecule has 28 nitrogen and oxygen atoms in total. The van der Waals surface area contributed by atoms with Crippen molar-refractivity contribution in [1.82, 2.24) is 0 Å². The first-order valence-corrected chi connectivity index (χ1v) is 21.5. The van der Waals surface area contributed by atoms with Gasteiger partial charge < -0.3 is 133 Å². The number of ether oxygens (including phenoxy) is 10. The number of aryl methyl sites for hydroxylation is 1. The molecule has 28 heteroatoms. The third-order valence-electron chi connectivity index (χ3n) is 12.5. The van der Waals surface area contributed by atoms with Crippen molar-refractivity contribution in [3.8, 4) is 5.75 Å². The zero-order valence-corrected chi connectivity index (χ0v) is 35.8. The minimum absolute atomic E-state index is 0.0458. The predicted molar refractivity (Wildman–Crippen MR) is 212 cm³/mol. The van der Waals surface area contributed by atoms with E-state index in [4.69, 9.17) is 51.8 Å². The monoisotopic (exact) mass is 986 g/mol. The quantitative estimate of drug-likeness (QED) is 0.0737. The van der Waals surface area contributed by atoms with Gasteiger partial charge in [-0.1, -0.05) is 0 Å². The van der Waals surface area contributed by atoms with Gasteiger partial charge in [0, 0.05) is 17.5 Å². The topological polar surface area (TPSA) is 446 Å². The van der Waals surface area contributed by atoms with Gasteiger partial charge in [-0.2, -0.15) is 0 Å². The Morgan fingerprint density at radius 1 is 0.426 bits per heavy atom. The lowest BCUT2D eigenvalue weighted by Crippen LogP contribution is -2.68. The molecule has 386 valence electrons. The standard InChI is InChI=1S/C40H58O28/c1-11-4-20(46)59-14-5-12(2-3-13(11)14)58-36-28(54)23(49)32(16(7-42)61-36)66-38-30(56)25(51)34(18(9-44)63-38)68-40-31(57)26(52)35(19(10-45)64-40)67-39-29(55)24(50)33(17(8-43)62-39)65-37-27(53)22(48)21(47)15(6-41)60-37/h2-5,15-19,21-45,47-57H,6-10H2,1H3/t15?,16?,17?,18?,19?,21-,22?,23?,24?,25?,26?,27?,28?,29?,30?,31?,32-,33-,34-,35-,36-,37+,38+,39+,40+/m1/s1. The summed E-state index contributed by atoms with van der Waals surface area (Å²) < 4.78 is 61.4. The van der Waals surface area contributed by atoms with Gasteiger partial charge in [0.15, 0.2) is 25.2 Å². The molecule has 5 aliphatic rings. The molecule has 5 aliphatic heterocycles. The SMILES string of the molecule is Cc1cc(=O)oc2cc(O[C@@H]3OC(CO)[C@@H](O[C@@H]4OC(CO)[C@@H](O[C@@H]5OC(CO)[C@@H](O[C@@H]6OC(CO)[C@@H](O[C@@H]7OC(CO)[C@@H](O)C(O)C7O)C(O)C6O)C(O)C5O)C(O)C4O)C(O)C3O)ccc12. The molecule has 6 heterocycles. The maximum absolute atomic E-state index is 11.9. The highest BCUT2D eigenvalue weighted by Gasteiger charge is 2.56. The summed E-state index contributed by atoms with van der Waals surface area (Å²) in [6.07, 6.45) is -46.1. The van der Waals surface area contributed by atoms with Crippen LogP contribution in [0.3, 0.4) is 0 Å². The normalized spacial score (nSPS) is 45.9. The van der Waals surface area contributed by atoms with E-state index in [1.54, 1.807) is 13.0 Å². The summed E-state index contributed by atoms with van der Waals surface area (Å²) in [4.78, 5) is 11.9. The van der Waals surface area contributed by atoms with E-state index in [0.29, 0.717) is 10.9 Å². The van der Waals surface area contributed by atoms with Crippen LogP contribution in [0.4, 0.5) is 0 Å². The van der Waals surface area contributed by atoms with Crippen molar-refractivity contribution in [1.29, 1.82) is 0 Å². The van der Waals surface area contributed by atoms with E-state index < -0.39 is 192 Å². The second-order valence-corrected chi connectivity index (χ2v) is 17.0. The van der Waals surface area contributed by atoms with Gasteiger partial charge in [-0.05, 0) is 24.6 Å². The van der Waals surface area contributed by atoms with Crippen LogP contribution in [0.15, 0.2) is 33.5 Å². The molecule has 0 bridgehead atoms. The van der Waals surface area contributed by atoms with E-state index in [0.717, 1.165) is 0 Å². The molecule has 1 aromatic heterocycles. The average molecular weight is 987 g/mol. The van der Waals surface area contributed by atoms with Crippen LogP contribution in [0.5, 0.6) is 5.75 Å². The molecule has 5 saturated heterocycles. The molecule has 0 aliphatic carbocycles. The van der Waals surface area contributed by atoms with Crippen LogP contribution in [0.1, 0.15) is 5.56 Å². The average Bonchev–Trinajstić information content (AvgIpc) is 3.32. The fourth-order valence-electron chi connectivity index (χ4n) is 8.63. The van der Waals surface area contributed by atoms with Gasteiger partial charge in [0.1, 0.15) is 133 Å². The van der Waals surface area contributed by atoms with Crippen molar-refractivity contribution >= 4 is 11.0 Å². The summed E-state index contributed by atoms with van der Waals surface area (Å²) in [5.74, 6) is 0.0458. The van der Waals surface area contributed by atoms with Crippen LogP contribution in [-0.4, -0.2) is 268 Å². The van der Waals surface area contributed by atoms with Crippen LogP contribution in [0.25, 0.3) is 11.0 Å². The fraction of sp³-hybridized carbons (Fsp3) is 0.775. The summed E-state index contributed by atoms with van der Waals surface area (Å²) in [6, 6.07) is 5.71. The highest BCUT2D eigenvalue weighted by molar-refractivity contribution is 5.81. The summed E-state index contributed by atoms with van der Waals surface area (Å²) in [5, 5.41) is 170. The second kappa shape index (κ2) is 22.3. The highest BCUT2D eigenvalue weighted by atomic mass is 16.8. The number of aliphatic hydroxyl groups excluding tert-OH is 16. The predicted octanol–water partition coefficient (Wildman–Crippen LogP) is -9.42. The number of aliphatic hydroxyl groups is 16. The van der Waals surface area contributed by atoms with Gasteiger partial charge >= 0.3 is 5.63 Å². The Kier molecular flexibility index (Phi) is 17.4. The maximum atomic E-state index is 11.9. The Morgan fingerprint density at radius 3 is 1.15 bits per heavy atom. The van der Waals surface area contributed by atoms with Crippen molar-refractivity contribution in [3.05, 3.63) is 40.2 Å². The third-order valence-corrected chi connectivity index (χ3v) is 12.5. The Labute approximate surface area is 383 Å². The molecule has 5 fully saturated rings. The van der Waals surface area contributed by atoms with E-state index in [1.165, 1.54) is 18.2 Å². The van der Waals surface area contributed by atoms with Gasteiger partial charge in [0.25, 0.3) is 0 Å². The minimum Gasteiger partial charge on any atom is -0.462 e. The first kappa shape index (κ1) is 53.0. The zero-order chi connectivity index (χ0) is 49.5. The molecule has 2 aromatic rings. The first-order chi connectivity index (χ1) is 32.3. The van der Waals surface area contributed by atoms with Crippen LogP contribution in [0.2, 0.25) is 0 Å². The number of hydrogen-bond donors (Lipinski definition) is 16. The van der Waals surface area contributed by atoms with Gasteiger partial charge in [-0.15, -0.1) is 0 Å². The van der Waals surface area contributed by atoms with Crippen LogP contribution in [-0.2, 0) is 42.6 Å². The third kappa shape index (κ3) is 10.6. The van der Waals surface area contributed by atoms with Crippen molar-refractivity contribution in [2.24, 2.45) is 0 Å². The molecule has 15 unspecified atom stereocenters. The Morgan fingerprint density at radius 2 is 0.765 bits per heavy atom. The lowest BCUT2D eigenvalue weighted by Gasteiger charge is -2.49. The number of benzene rings is 1. The van der Waals surface area contributed by atoms with Gasteiger partial charge in [-0.25, -0.2) is 4.79 Å². The minimum atomic E-state index is -2.14. The van der Waals surface area contributed by atoms with Gasteiger partial charge in [0.2, 0.25) is 6.29 Å².